The van der Waals surface area contributed by atoms with Crippen LogP contribution in [-0.2, 0) is 20.7 Å². The topological polar surface area (TPSA) is 127 Å². The maximum absolute atomic E-state index is 13.1. The van der Waals surface area contributed by atoms with Gasteiger partial charge in [0.05, 0.1) is 29.7 Å². The Balaban J connectivity index is 1.66. The van der Waals surface area contributed by atoms with Gasteiger partial charge in [0.1, 0.15) is 11.3 Å². The van der Waals surface area contributed by atoms with Crippen LogP contribution >= 0.6 is 0 Å². The van der Waals surface area contributed by atoms with Crippen molar-refractivity contribution in [2.24, 2.45) is 11.8 Å². The molecule has 0 aliphatic rings. The predicted octanol–water partition coefficient (Wildman–Crippen LogP) is 6.04. The van der Waals surface area contributed by atoms with E-state index < -0.39 is 28.8 Å². The lowest BCUT2D eigenvalue weighted by Gasteiger charge is -2.14. The lowest BCUT2D eigenvalue weighted by atomic mass is 10.0. The average Bonchev–Trinajstić information content (AvgIpc) is 3.01. The SMILES string of the molecule is CCCCC(CC)COC(=O)c1ccc(OS(=O)n2nnc3ccc(C(=O)OCC(CC)CCCC)cc3c2=O)cc1. The van der Waals surface area contributed by atoms with Crippen LogP contribution in [0.3, 0.4) is 0 Å². The molecule has 11 heteroatoms. The Morgan fingerprint density at radius 2 is 1.38 bits per heavy atom. The summed E-state index contributed by atoms with van der Waals surface area (Å²) in [4.78, 5) is 38.2. The van der Waals surface area contributed by atoms with Crippen LogP contribution in [0.5, 0.6) is 5.75 Å². The average molecular weight is 600 g/mol. The molecule has 0 spiro atoms. The molecule has 0 fully saturated rings. The quantitative estimate of drug-likeness (QED) is 0.171. The second kappa shape index (κ2) is 16.7. The Morgan fingerprint density at radius 1 is 0.833 bits per heavy atom. The summed E-state index contributed by atoms with van der Waals surface area (Å²) in [5.74, 6) is -0.239. The maximum Gasteiger partial charge on any atom is 0.344 e. The summed E-state index contributed by atoms with van der Waals surface area (Å²) in [6, 6.07) is 10.3. The Kier molecular flexibility index (Phi) is 13.1. The van der Waals surface area contributed by atoms with Gasteiger partial charge in [0.15, 0.2) is 0 Å². The van der Waals surface area contributed by atoms with Gasteiger partial charge in [-0.25, -0.2) is 9.59 Å². The number of aromatic nitrogens is 3. The molecule has 0 saturated heterocycles. The molecule has 3 rings (SSSR count). The molecule has 0 N–H and O–H groups in total. The van der Waals surface area contributed by atoms with Crippen molar-refractivity contribution >= 4 is 34.1 Å². The van der Waals surface area contributed by atoms with Gasteiger partial charge in [-0.2, -0.15) is 4.21 Å². The first-order chi connectivity index (χ1) is 20.3. The van der Waals surface area contributed by atoms with E-state index in [0.717, 1.165) is 51.4 Å². The molecule has 228 valence electrons. The first-order valence-corrected chi connectivity index (χ1v) is 15.8. The minimum atomic E-state index is -2.37. The molecule has 0 amide bonds. The minimum Gasteiger partial charge on any atom is -0.462 e. The molecular weight excluding hydrogens is 558 g/mol. The van der Waals surface area contributed by atoms with Crippen LogP contribution in [0.15, 0.2) is 47.3 Å². The summed E-state index contributed by atoms with van der Waals surface area (Å²) in [6.07, 6.45) is 8.17. The number of benzene rings is 2. The zero-order valence-corrected chi connectivity index (χ0v) is 25.7. The normalized spacial score (nSPS) is 13.3. The van der Waals surface area contributed by atoms with E-state index in [1.165, 1.54) is 42.5 Å². The zero-order valence-electron chi connectivity index (χ0n) is 24.9. The molecule has 3 aromatic rings. The van der Waals surface area contributed by atoms with Gasteiger partial charge < -0.3 is 13.7 Å². The lowest BCUT2D eigenvalue weighted by molar-refractivity contribution is 0.0419. The largest absolute Gasteiger partial charge is 0.462 e. The number of fused-ring (bicyclic) bond motifs is 1. The molecule has 10 nitrogen and oxygen atoms in total. The monoisotopic (exact) mass is 599 g/mol. The predicted molar refractivity (Wildman–Crippen MR) is 162 cm³/mol. The highest BCUT2D eigenvalue weighted by Crippen LogP contribution is 2.18. The van der Waals surface area contributed by atoms with Gasteiger partial charge in [-0.3, -0.25) is 4.79 Å². The Bertz CT molecular complexity index is 1410. The second-order valence-corrected chi connectivity index (χ2v) is 11.3. The standard InChI is InChI=1S/C31H41N3O7S/c1-5-9-11-22(7-3)20-39-30(36)24-13-16-26(17-14-24)41-42(38)34-29(35)27-19-25(15-18-28(27)32-33-34)31(37)40-21-23(8-4)12-10-6-2/h13-19,22-23H,5-12,20-21H2,1-4H3. The number of hydrogen-bond acceptors (Lipinski definition) is 9. The molecule has 0 aliphatic heterocycles. The number of ether oxygens (including phenoxy) is 2. The fourth-order valence-corrected chi connectivity index (χ4v) is 5.04. The van der Waals surface area contributed by atoms with E-state index in [0.29, 0.717) is 28.8 Å². The lowest BCUT2D eigenvalue weighted by Crippen LogP contribution is -2.29. The third kappa shape index (κ3) is 9.20. The molecule has 0 saturated carbocycles. The maximum atomic E-state index is 13.1. The van der Waals surface area contributed by atoms with E-state index in [1.54, 1.807) is 0 Å². The summed E-state index contributed by atoms with van der Waals surface area (Å²) in [7, 11) is 0. The summed E-state index contributed by atoms with van der Waals surface area (Å²) in [6.45, 7) is 9.06. The molecule has 1 heterocycles. The van der Waals surface area contributed by atoms with Crippen molar-refractivity contribution in [2.45, 2.75) is 79.1 Å². The first-order valence-electron chi connectivity index (χ1n) is 14.8. The van der Waals surface area contributed by atoms with Crippen LogP contribution in [0.1, 0.15) is 99.8 Å². The van der Waals surface area contributed by atoms with E-state index in [1.807, 2.05) is 0 Å². The van der Waals surface area contributed by atoms with Crippen molar-refractivity contribution in [2.75, 3.05) is 13.2 Å². The van der Waals surface area contributed by atoms with Gasteiger partial charge in [0.25, 0.3) is 5.56 Å². The third-order valence-electron chi connectivity index (χ3n) is 7.26. The number of rotatable bonds is 17. The highest BCUT2D eigenvalue weighted by molar-refractivity contribution is 7.78. The number of esters is 2. The number of nitrogens with zero attached hydrogens (tertiary/aromatic N) is 3. The number of carbonyl (C=O) groups excluding carboxylic acids is 2. The van der Waals surface area contributed by atoms with Gasteiger partial charge in [-0.05, 0) is 72.4 Å². The van der Waals surface area contributed by atoms with E-state index in [4.69, 9.17) is 13.7 Å². The fourth-order valence-electron chi connectivity index (χ4n) is 4.37. The molecule has 3 unspecified atom stereocenters. The van der Waals surface area contributed by atoms with Crippen LogP contribution in [0, 0.1) is 11.8 Å². The summed E-state index contributed by atoms with van der Waals surface area (Å²) in [5.41, 5.74) is 0.0173. The summed E-state index contributed by atoms with van der Waals surface area (Å²) < 4.78 is 29.8. The second-order valence-electron chi connectivity index (χ2n) is 10.4. The number of hydrogen-bond donors (Lipinski definition) is 0. The van der Waals surface area contributed by atoms with Crippen molar-refractivity contribution in [3.8, 4) is 5.75 Å². The number of carbonyl (C=O) groups is 2. The van der Waals surface area contributed by atoms with Gasteiger partial charge in [0.2, 0.25) is 0 Å². The van der Waals surface area contributed by atoms with E-state index in [-0.39, 0.29) is 28.1 Å². The molecule has 0 aliphatic carbocycles. The van der Waals surface area contributed by atoms with Crippen molar-refractivity contribution in [1.82, 2.24) is 14.4 Å². The summed E-state index contributed by atoms with van der Waals surface area (Å²) in [5, 5.41) is 7.73. The van der Waals surface area contributed by atoms with Gasteiger partial charge in [-0.1, -0.05) is 70.3 Å². The Morgan fingerprint density at radius 3 is 1.93 bits per heavy atom. The smallest absolute Gasteiger partial charge is 0.344 e. The van der Waals surface area contributed by atoms with Crippen LogP contribution in [-0.4, -0.2) is 43.8 Å². The molecule has 0 radical (unpaired) electrons. The zero-order chi connectivity index (χ0) is 30.5. The van der Waals surface area contributed by atoms with Crippen molar-refractivity contribution in [3.63, 3.8) is 0 Å². The third-order valence-corrected chi connectivity index (χ3v) is 8.11. The van der Waals surface area contributed by atoms with Crippen LogP contribution in [0.2, 0.25) is 0 Å². The Labute approximate surface area is 249 Å². The van der Waals surface area contributed by atoms with Crippen LogP contribution in [0.4, 0.5) is 0 Å². The molecule has 2 aromatic carbocycles. The Hall–Kier alpha value is -3.60. The van der Waals surface area contributed by atoms with Crippen molar-refractivity contribution in [3.05, 3.63) is 63.9 Å². The van der Waals surface area contributed by atoms with E-state index >= 15 is 0 Å². The van der Waals surface area contributed by atoms with E-state index in [9.17, 15) is 18.6 Å². The highest BCUT2D eigenvalue weighted by atomic mass is 32.2. The molecule has 0 bridgehead atoms. The molecule has 3 atom stereocenters. The highest BCUT2D eigenvalue weighted by Gasteiger charge is 2.18. The molecule has 1 aromatic heterocycles. The number of unbranched alkanes of at least 4 members (excludes halogenated alkanes) is 2. The van der Waals surface area contributed by atoms with Crippen molar-refractivity contribution in [1.29, 1.82) is 0 Å². The van der Waals surface area contributed by atoms with Crippen molar-refractivity contribution < 1.29 is 27.5 Å². The van der Waals surface area contributed by atoms with Gasteiger partial charge in [0, 0.05) is 0 Å². The molecule has 42 heavy (non-hydrogen) atoms. The van der Waals surface area contributed by atoms with E-state index in [2.05, 4.69) is 38.0 Å². The molecular formula is C31H41N3O7S. The van der Waals surface area contributed by atoms with Crippen LogP contribution in [0.25, 0.3) is 10.9 Å². The first kappa shape index (κ1) is 32.9. The van der Waals surface area contributed by atoms with Gasteiger partial charge >= 0.3 is 23.2 Å². The minimum absolute atomic E-state index is 0.0526. The van der Waals surface area contributed by atoms with Crippen LogP contribution < -0.4 is 9.74 Å². The van der Waals surface area contributed by atoms with Gasteiger partial charge in [-0.15, -0.1) is 5.10 Å². The fraction of sp³-hybridized carbons (Fsp3) is 0.516. The summed E-state index contributed by atoms with van der Waals surface area (Å²) >= 11 is -2.37.